The number of amides is 1. The minimum absolute atomic E-state index is 0.157. The Morgan fingerprint density at radius 2 is 2.26 bits per heavy atom. The third-order valence-corrected chi connectivity index (χ3v) is 3.06. The summed E-state index contributed by atoms with van der Waals surface area (Å²) < 4.78 is 18.4. The largest absolute Gasteiger partial charge is 0.444 e. The molecular weight excluding hydrogens is 247 g/mol. The van der Waals surface area contributed by atoms with Gasteiger partial charge < -0.3 is 9.64 Å². The van der Waals surface area contributed by atoms with Gasteiger partial charge in [-0.15, -0.1) is 0 Å². The molecule has 1 aromatic heterocycles. The molecule has 0 bridgehead atoms. The van der Waals surface area contributed by atoms with E-state index in [9.17, 15) is 9.18 Å². The molecule has 0 radical (unpaired) electrons. The number of carbonyl (C=O) groups is 1. The van der Waals surface area contributed by atoms with Crippen LogP contribution in [-0.2, 0) is 4.74 Å². The van der Waals surface area contributed by atoms with Crippen molar-refractivity contribution in [2.24, 2.45) is 0 Å². The average molecular weight is 266 g/mol. The van der Waals surface area contributed by atoms with E-state index in [2.05, 4.69) is 4.98 Å². The Balaban J connectivity index is 1.98. The molecule has 1 aliphatic heterocycles. The van der Waals surface area contributed by atoms with Crippen LogP contribution in [-0.4, -0.2) is 34.7 Å². The highest BCUT2D eigenvalue weighted by molar-refractivity contribution is 5.68. The Morgan fingerprint density at radius 3 is 2.89 bits per heavy atom. The molecule has 1 saturated heterocycles. The summed E-state index contributed by atoms with van der Waals surface area (Å²) in [6, 6.07) is 3.23. The lowest BCUT2D eigenvalue weighted by molar-refractivity contribution is 0.0292. The summed E-state index contributed by atoms with van der Waals surface area (Å²) in [6.45, 7) is 6.74. The van der Waals surface area contributed by atoms with E-state index < -0.39 is 11.5 Å². The van der Waals surface area contributed by atoms with Crippen LogP contribution in [0.3, 0.4) is 0 Å². The number of aromatic nitrogens is 1. The standard InChI is InChI=1S/C14H19FN2O2/c1-14(2,3)19-13(18)17-7-5-11(9-17)10-4-6-16-12(15)8-10/h4,6,8,11H,5,7,9H2,1-3H3. The van der Waals surface area contributed by atoms with Gasteiger partial charge in [0.1, 0.15) is 5.60 Å². The normalized spacial score (nSPS) is 19.6. The fraction of sp³-hybridized carbons (Fsp3) is 0.571. The zero-order valence-electron chi connectivity index (χ0n) is 11.5. The van der Waals surface area contributed by atoms with E-state index in [0.717, 1.165) is 12.0 Å². The molecule has 2 rings (SSSR count). The Morgan fingerprint density at radius 1 is 1.53 bits per heavy atom. The van der Waals surface area contributed by atoms with Gasteiger partial charge >= 0.3 is 6.09 Å². The van der Waals surface area contributed by atoms with Crippen LogP contribution in [0.5, 0.6) is 0 Å². The van der Waals surface area contributed by atoms with Crippen LogP contribution in [0.2, 0.25) is 0 Å². The molecule has 0 aromatic carbocycles. The summed E-state index contributed by atoms with van der Waals surface area (Å²) >= 11 is 0. The molecule has 19 heavy (non-hydrogen) atoms. The fourth-order valence-electron chi connectivity index (χ4n) is 2.20. The molecular formula is C14H19FN2O2. The van der Waals surface area contributed by atoms with Gasteiger partial charge in [-0.2, -0.15) is 4.39 Å². The first-order valence-electron chi connectivity index (χ1n) is 6.44. The molecule has 2 heterocycles. The maximum absolute atomic E-state index is 13.1. The van der Waals surface area contributed by atoms with E-state index in [1.165, 1.54) is 12.3 Å². The number of rotatable bonds is 1. The second-order valence-corrected chi connectivity index (χ2v) is 5.82. The van der Waals surface area contributed by atoms with Crippen molar-refractivity contribution in [1.82, 2.24) is 9.88 Å². The van der Waals surface area contributed by atoms with Crippen LogP contribution in [0.4, 0.5) is 9.18 Å². The van der Waals surface area contributed by atoms with Gasteiger partial charge in [0.15, 0.2) is 0 Å². The van der Waals surface area contributed by atoms with Gasteiger partial charge in [0, 0.05) is 25.2 Å². The second-order valence-electron chi connectivity index (χ2n) is 5.82. The Bertz CT molecular complexity index is 471. The highest BCUT2D eigenvalue weighted by Crippen LogP contribution is 2.28. The number of hydrogen-bond acceptors (Lipinski definition) is 3. The number of hydrogen-bond donors (Lipinski definition) is 0. The molecule has 1 fully saturated rings. The molecule has 0 aliphatic carbocycles. The first kappa shape index (κ1) is 13.8. The molecule has 0 saturated carbocycles. The first-order valence-corrected chi connectivity index (χ1v) is 6.44. The molecule has 4 nitrogen and oxygen atoms in total. The highest BCUT2D eigenvalue weighted by Gasteiger charge is 2.30. The lowest BCUT2D eigenvalue weighted by Gasteiger charge is -2.24. The van der Waals surface area contributed by atoms with Crippen molar-refractivity contribution in [3.8, 4) is 0 Å². The SMILES string of the molecule is CC(C)(C)OC(=O)N1CCC(c2ccnc(F)c2)C1. The predicted octanol–water partition coefficient (Wildman–Crippen LogP) is 2.95. The van der Waals surface area contributed by atoms with Crippen molar-refractivity contribution in [3.05, 3.63) is 29.8 Å². The highest BCUT2D eigenvalue weighted by atomic mass is 19.1. The van der Waals surface area contributed by atoms with E-state index in [1.807, 2.05) is 20.8 Å². The summed E-state index contributed by atoms with van der Waals surface area (Å²) in [5.41, 5.74) is 0.399. The van der Waals surface area contributed by atoms with Gasteiger partial charge in [-0.1, -0.05) is 0 Å². The third-order valence-electron chi connectivity index (χ3n) is 3.06. The number of nitrogens with zero attached hydrogens (tertiary/aromatic N) is 2. The van der Waals surface area contributed by atoms with Crippen molar-refractivity contribution < 1.29 is 13.9 Å². The van der Waals surface area contributed by atoms with E-state index in [1.54, 1.807) is 11.0 Å². The van der Waals surface area contributed by atoms with E-state index in [4.69, 9.17) is 4.74 Å². The van der Waals surface area contributed by atoms with Crippen molar-refractivity contribution in [3.63, 3.8) is 0 Å². The van der Waals surface area contributed by atoms with Crippen molar-refractivity contribution >= 4 is 6.09 Å². The van der Waals surface area contributed by atoms with Crippen LogP contribution in [0.1, 0.15) is 38.7 Å². The molecule has 1 unspecified atom stereocenters. The van der Waals surface area contributed by atoms with Gasteiger partial charge in [0.05, 0.1) is 0 Å². The average Bonchev–Trinajstić information content (AvgIpc) is 2.75. The van der Waals surface area contributed by atoms with Crippen LogP contribution in [0.25, 0.3) is 0 Å². The topological polar surface area (TPSA) is 42.4 Å². The minimum Gasteiger partial charge on any atom is -0.444 e. The summed E-state index contributed by atoms with van der Waals surface area (Å²) in [6.07, 6.45) is 1.98. The van der Waals surface area contributed by atoms with Crippen molar-refractivity contribution in [2.75, 3.05) is 13.1 Å². The molecule has 104 valence electrons. The number of carbonyl (C=O) groups excluding carboxylic acids is 1. The van der Waals surface area contributed by atoms with Gasteiger partial charge in [0.2, 0.25) is 5.95 Å². The monoisotopic (exact) mass is 266 g/mol. The molecule has 1 atom stereocenters. The molecule has 0 N–H and O–H groups in total. The zero-order chi connectivity index (χ0) is 14.0. The molecule has 5 heteroatoms. The molecule has 0 spiro atoms. The van der Waals surface area contributed by atoms with Gasteiger partial charge in [-0.3, -0.25) is 0 Å². The van der Waals surface area contributed by atoms with Crippen LogP contribution in [0, 0.1) is 5.95 Å². The summed E-state index contributed by atoms with van der Waals surface area (Å²) in [5.74, 6) is -0.321. The van der Waals surface area contributed by atoms with Crippen LogP contribution >= 0.6 is 0 Å². The quantitative estimate of drug-likeness (QED) is 0.734. The summed E-state index contributed by atoms with van der Waals surface area (Å²) in [5, 5.41) is 0. The van der Waals surface area contributed by atoms with Gasteiger partial charge in [-0.25, -0.2) is 9.78 Å². The molecule has 1 aromatic rings. The smallest absolute Gasteiger partial charge is 0.410 e. The number of halogens is 1. The third kappa shape index (κ3) is 3.66. The van der Waals surface area contributed by atoms with E-state index in [0.29, 0.717) is 13.1 Å². The van der Waals surface area contributed by atoms with Gasteiger partial charge in [0.25, 0.3) is 0 Å². The lowest BCUT2D eigenvalue weighted by Crippen LogP contribution is -2.35. The summed E-state index contributed by atoms with van der Waals surface area (Å²) in [7, 11) is 0. The zero-order valence-corrected chi connectivity index (χ0v) is 11.5. The molecule has 1 amide bonds. The van der Waals surface area contributed by atoms with Crippen LogP contribution < -0.4 is 0 Å². The predicted molar refractivity (Wildman–Crippen MR) is 69.4 cm³/mol. The first-order chi connectivity index (χ1) is 8.85. The molecule has 1 aliphatic rings. The second kappa shape index (κ2) is 5.15. The Hall–Kier alpha value is -1.65. The van der Waals surface area contributed by atoms with Crippen molar-refractivity contribution in [1.29, 1.82) is 0 Å². The van der Waals surface area contributed by atoms with Gasteiger partial charge in [-0.05, 0) is 44.9 Å². The summed E-state index contributed by atoms with van der Waals surface area (Å²) in [4.78, 5) is 17.1. The Labute approximate surface area is 112 Å². The van der Waals surface area contributed by atoms with Crippen LogP contribution in [0.15, 0.2) is 18.3 Å². The number of pyridine rings is 1. The lowest BCUT2D eigenvalue weighted by atomic mass is 10.00. The Kier molecular flexibility index (Phi) is 3.73. The number of ether oxygens (including phenoxy) is 1. The van der Waals surface area contributed by atoms with Crippen molar-refractivity contribution in [2.45, 2.75) is 38.7 Å². The van der Waals surface area contributed by atoms with E-state index >= 15 is 0 Å². The maximum atomic E-state index is 13.1. The minimum atomic E-state index is -0.488. The maximum Gasteiger partial charge on any atom is 0.410 e. The number of likely N-dealkylation sites (tertiary alicyclic amines) is 1. The fourth-order valence-corrected chi connectivity index (χ4v) is 2.20. The van der Waals surface area contributed by atoms with E-state index in [-0.39, 0.29) is 12.0 Å².